The third kappa shape index (κ3) is 6.42. The number of aromatic amines is 2. The average Bonchev–Trinajstić information content (AvgIpc) is 3.30. The van der Waals surface area contributed by atoms with Gasteiger partial charge in [-0.25, -0.2) is 0 Å². The number of benzene rings is 2. The number of nitrogens with zero attached hydrogens (tertiary/aromatic N) is 6. The number of nitrogens with one attached hydrogen (secondary N) is 2. The standard InChI is InChI=1S/2C9H7N5O3S.Pd/c2*10-9(18)13-12-7-4-2-1-3-5(14(16)17)6(4)11-8(7)15;/h2*1-3,11,15H,(H2,10,18);/q;;+2/p-2. The molecule has 0 saturated heterocycles. The Kier molecular flexibility index (Phi) is 9.34. The second-order valence-corrected chi connectivity index (χ2v) is 7.43. The fourth-order valence-electron chi connectivity index (χ4n) is 3.03. The summed E-state index contributed by atoms with van der Waals surface area (Å²) in [7, 11) is 0. The largest absolute Gasteiger partial charge is 2.00 e. The number of hydrogen-bond donors (Lipinski definition) is 4. The van der Waals surface area contributed by atoms with E-state index in [1.807, 2.05) is 0 Å². The molecule has 4 aromatic rings. The summed E-state index contributed by atoms with van der Waals surface area (Å²) >= 11 is 9.00. The molecule has 37 heavy (non-hydrogen) atoms. The van der Waals surface area contributed by atoms with Crippen LogP contribution in [-0.4, -0.2) is 30.0 Å². The Morgan fingerprint density at radius 1 is 0.757 bits per heavy atom. The topological polar surface area (TPSA) is 265 Å². The first-order valence-corrected chi connectivity index (χ1v) is 10.2. The molecular weight excluding hydrogens is 623 g/mol. The van der Waals surface area contributed by atoms with Crippen molar-refractivity contribution in [2.75, 3.05) is 0 Å². The minimum Gasteiger partial charge on any atom is -0.859 e. The van der Waals surface area contributed by atoms with E-state index in [1.165, 1.54) is 36.4 Å². The van der Waals surface area contributed by atoms with Gasteiger partial charge in [-0.3, -0.25) is 20.2 Å². The Morgan fingerprint density at radius 2 is 1.11 bits per heavy atom. The fraction of sp³-hybridized carbons (Fsp3) is 0. The minimum absolute atomic E-state index is 0. The van der Waals surface area contributed by atoms with Crippen LogP contribution in [0.4, 0.5) is 22.7 Å². The van der Waals surface area contributed by atoms with E-state index in [0.717, 1.165) is 0 Å². The fourth-order valence-corrected chi connectivity index (χ4v) is 3.11. The quantitative estimate of drug-likeness (QED) is 0.0837. The molecule has 0 radical (unpaired) electrons. The van der Waals surface area contributed by atoms with Crippen molar-refractivity contribution >= 4 is 79.2 Å². The van der Waals surface area contributed by atoms with Gasteiger partial charge in [0.2, 0.25) is 10.2 Å². The van der Waals surface area contributed by atoms with Gasteiger partial charge in [0.15, 0.2) is 0 Å². The number of rotatable bonds is 4. The summed E-state index contributed by atoms with van der Waals surface area (Å²) in [6.07, 6.45) is 0. The Bertz CT molecular complexity index is 1480. The van der Waals surface area contributed by atoms with Crippen molar-refractivity contribution in [3.05, 3.63) is 56.6 Å². The number of nitro groups is 2. The van der Waals surface area contributed by atoms with Gasteiger partial charge in [-0.2, -0.15) is 0 Å². The van der Waals surface area contributed by atoms with E-state index in [0.29, 0.717) is 10.8 Å². The Balaban J connectivity index is 0.000000253. The van der Waals surface area contributed by atoms with Gasteiger partial charge in [-0.1, -0.05) is 24.3 Å². The number of nitrogens with two attached hydrogens (primary N) is 2. The van der Waals surface area contributed by atoms with Gasteiger partial charge in [0.05, 0.1) is 9.85 Å². The van der Waals surface area contributed by atoms with Crippen molar-refractivity contribution in [1.82, 2.24) is 9.97 Å². The number of non-ortho nitro benzene ring substituents is 2. The summed E-state index contributed by atoms with van der Waals surface area (Å²) in [5.74, 6) is -1.17. The Hall–Kier alpha value is -4.44. The summed E-state index contributed by atoms with van der Waals surface area (Å²) in [5.41, 5.74) is 9.94. The smallest absolute Gasteiger partial charge is 0.859 e. The number of hydrogen-bond acceptors (Lipinski definition) is 10. The molecule has 6 N–H and O–H groups in total. The zero-order chi connectivity index (χ0) is 26.6. The van der Waals surface area contributed by atoms with E-state index in [2.05, 4.69) is 54.9 Å². The van der Waals surface area contributed by atoms with Crippen molar-refractivity contribution < 1.29 is 40.5 Å². The summed E-state index contributed by atoms with van der Waals surface area (Å²) in [6, 6.07) is 8.52. The second-order valence-electron chi connectivity index (χ2n) is 6.60. The van der Waals surface area contributed by atoms with Crippen LogP contribution in [-0.2, 0) is 20.4 Å². The van der Waals surface area contributed by atoms with Crippen LogP contribution in [0.3, 0.4) is 0 Å². The SMILES string of the molecule is NC(=S)N=Nc1c([O-])[nH]c2c([N+](=O)[O-])cccc12.NC(=S)N=Nc1c([O-])[nH]c2c([N+](=O)[O-])cccc12.[Pd+2]. The molecule has 0 fully saturated rings. The number of H-pyrrole nitrogens is 2. The molecule has 0 aliphatic rings. The van der Waals surface area contributed by atoms with E-state index in [4.69, 9.17) is 11.5 Å². The number of aromatic nitrogens is 2. The van der Waals surface area contributed by atoms with Crippen LogP contribution in [0.25, 0.3) is 21.8 Å². The molecule has 192 valence electrons. The van der Waals surface area contributed by atoms with Crippen LogP contribution in [0, 0.1) is 20.2 Å². The molecule has 0 aliphatic carbocycles. The molecule has 2 aromatic carbocycles. The van der Waals surface area contributed by atoms with Gasteiger partial charge < -0.3 is 31.6 Å². The van der Waals surface area contributed by atoms with E-state index in [9.17, 15) is 30.4 Å². The maximum absolute atomic E-state index is 11.6. The monoisotopic (exact) mass is 634 g/mol. The molecule has 0 amide bonds. The first-order valence-electron chi connectivity index (χ1n) is 9.35. The van der Waals surface area contributed by atoms with Gasteiger partial charge in [0, 0.05) is 22.9 Å². The van der Waals surface area contributed by atoms with E-state index >= 15 is 0 Å². The summed E-state index contributed by atoms with van der Waals surface area (Å²) in [4.78, 5) is 25.1. The molecule has 0 atom stereocenters. The second kappa shape index (κ2) is 12.0. The Morgan fingerprint density at radius 3 is 1.41 bits per heavy atom. The first kappa shape index (κ1) is 28.8. The molecule has 0 saturated carbocycles. The summed E-state index contributed by atoms with van der Waals surface area (Å²) in [5, 5.41) is 58.9. The molecule has 0 aliphatic heterocycles. The summed E-state index contributed by atoms with van der Waals surface area (Å²) < 4.78 is 0. The summed E-state index contributed by atoms with van der Waals surface area (Å²) in [6.45, 7) is 0. The third-order valence-corrected chi connectivity index (χ3v) is 4.56. The van der Waals surface area contributed by atoms with Gasteiger partial charge in [0.25, 0.3) is 11.4 Å². The Labute approximate surface area is 229 Å². The maximum Gasteiger partial charge on any atom is 2.00 e. The number of para-hydroxylation sites is 2. The third-order valence-electron chi connectivity index (χ3n) is 4.39. The van der Waals surface area contributed by atoms with Crippen molar-refractivity contribution in [3.8, 4) is 11.8 Å². The van der Waals surface area contributed by atoms with Gasteiger partial charge in [-0.05, 0) is 36.2 Å². The van der Waals surface area contributed by atoms with Gasteiger partial charge >= 0.3 is 20.4 Å². The zero-order valence-corrected chi connectivity index (χ0v) is 21.1. The minimum atomic E-state index is -0.591. The molecule has 0 spiro atoms. The van der Waals surface area contributed by atoms with Gasteiger partial charge in [-0.15, -0.1) is 20.5 Å². The van der Waals surface area contributed by atoms with Crippen LogP contribution in [0.2, 0.25) is 0 Å². The molecular formula is C18H12N10O6PdS2. The average molecular weight is 635 g/mol. The van der Waals surface area contributed by atoms with Crippen LogP contribution in [0.1, 0.15) is 0 Å². The van der Waals surface area contributed by atoms with E-state index < -0.39 is 21.6 Å². The zero-order valence-electron chi connectivity index (χ0n) is 17.9. The molecule has 19 heteroatoms. The number of nitro benzene ring substituents is 2. The normalized spacial score (nSPS) is 10.8. The first-order chi connectivity index (χ1) is 17.0. The van der Waals surface area contributed by atoms with Crippen molar-refractivity contribution in [3.63, 3.8) is 0 Å². The van der Waals surface area contributed by atoms with Crippen molar-refractivity contribution in [2.45, 2.75) is 0 Å². The number of thiocarbonyl (C=S) groups is 2. The molecule has 4 rings (SSSR count). The molecule has 16 nitrogen and oxygen atoms in total. The number of fused-ring (bicyclic) bond motifs is 2. The number of azo groups is 2. The van der Waals surface area contributed by atoms with Crippen LogP contribution in [0.5, 0.6) is 11.8 Å². The predicted molar refractivity (Wildman–Crippen MR) is 131 cm³/mol. The molecule has 0 unspecified atom stereocenters. The predicted octanol–water partition coefficient (Wildman–Crippen LogP) is 2.95. The van der Waals surface area contributed by atoms with Crippen LogP contribution in [0.15, 0.2) is 56.9 Å². The van der Waals surface area contributed by atoms with Gasteiger partial charge in [0.1, 0.15) is 22.4 Å². The maximum atomic E-state index is 11.6. The molecule has 2 heterocycles. The molecule has 2 aromatic heterocycles. The molecule has 0 bridgehead atoms. The van der Waals surface area contributed by atoms with Crippen LogP contribution >= 0.6 is 24.4 Å². The van der Waals surface area contributed by atoms with E-state index in [1.54, 1.807) is 0 Å². The van der Waals surface area contributed by atoms with E-state index in [-0.39, 0.29) is 64.4 Å². The van der Waals surface area contributed by atoms with Crippen molar-refractivity contribution in [1.29, 1.82) is 0 Å². The van der Waals surface area contributed by atoms with Crippen molar-refractivity contribution in [2.24, 2.45) is 31.9 Å². The van der Waals surface area contributed by atoms with Crippen LogP contribution < -0.4 is 21.7 Å².